The number of carbonyl (C=O) groups excluding carboxylic acids is 3. The molecule has 0 radical (unpaired) electrons. The number of rotatable bonds is 45. The number of allylic oxidation sites excluding steroid dienone is 4. The maximum absolute atomic E-state index is 12.7. The van der Waals surface area contributed by atoms with Gasteiger partial charge in [-0.3, -0.25) is 18.9 Å². The zero-order valence-electron chi connectivity index (χ0n) is 37.9. The van der Waals surface area contributed by atoms with E-state index in [2.05, 4.69) is 49.2 Å². The number of carbonyl (C=O) groups is 3. The molecule has 0 aliphatic carbocycles. The number of ether oxygens (including phenoxy) is 2. The molecule has 0 aliphatic rings. The first kappa shape index (κ1) is 57.0. The summed E-state index contributed by atoms with van der Waals surface area (Å²) in [6, 6.07) is 0. The minimum Gasteiger partial charge on any atom is -0.756 e. The van der Waals surface area contributed by atoms with Crippen LogP contribution in [0.15, 0.2) is 24.3 Å². The van der Waals surface area contributed by atoms with E-state index < -0.39 is 32.5 Å². The second-order valence-corrected chi connectivity index (χ2v) is 17.5. The highest BCUT2D eigenvalue weighted by atomic mass is 31.2. The molecule has 0 fully saturated rings. The number of hydrogen-bond acceptors (Lipinski definition) is 9. The molecule has 0 spiro atoms. The highest BCUT2D eigenvalue weighted by Gasteiger charge is 2.21. The predicted molar refractivity (Wildman–Crippen MR) is 238 cm³/mol. The van der Waals surface area contributed by atoms with Crippen LogP contribution in [0.1, 0.15) is 219 Å². The maximum Gasteiger partial charge on any atom is 0.306 e. The summed E-state index contributed by atoms with van der Waals surface area (Å²) in [5.74, 6) is -1.10. The highest BCUT2D eigenvalue weighted by molar-refractivity contribution is 7.45. The molecule has 0 aliphatic heterocycles. The molecule has 0 saturated heterocycles. The van der Waals surface area contributed by atoms with E-state index in [1.54, 1.807) is 0 Å². The number of phosphoric acid groups is 1. The number of esters is 2. The van der Waals surface area contributed by atoms with E-state index in [9.17, 15) is 23.8 Å². The average Bonchev–Trinajstić information content (AvgIpc) is 3.22. The molecule has 1 amide bonds. The molecular formula is C47H89N2O9P. The molecular weight excluding hydrogens is 767 g/mol. The normalized spacial score (nSPS) is 13.2. The third kappa shape index (κ3) is 43.8. The lowest BCUT2D eigenvalue weighted by Gasteiger charge is -2.25. The van der Waals surface area contributed by atoms with Crippen molar-refractivity contribution in [3.63, 3.8) is 0 Å². The van der Waals surface area contributed by atoms with Gasteiger partial charge >= 0.3 is 11.9 Å². The number of quaternary nitrogens is 1. The van der Waals surface area contributed by atoms with Gasteiger partial charge in [-0.15, -0.1) is 0 Å². The number of hydrogen-bond donors (Lipinski definition) is 2. The number of nitrogens with one attached hydrogen (secondary N) is 1. The molecule has 0 aromatic heterocycles. The first-order valence-corrected chi connectivity index (χ1v) is 25.5. The van der Waals surface area contributed by atoms with E-state index in [1.807, 2.05) is 0 Å². The Morgan fingerprint density at radius 1 is 0.559 bits per heavy atom. The monoisotopic (exact) mass is 857 g/mol. The van der Waals surface area contributed by atoms with Gasteiger partial charge in [0.25, 0.3) is 7.82 Å². The van der Waals surface area contributed by atoms with E-state index >= 15 is 0 Å². The standard InChI is InChI=1S/C47H89N2O9P/c1-3-5-7-9-11-13-15-17-19-21-23-25-27-29-33-37-46(51)55-42-44(43-57-59(53,54)56-41-40-49-45(50)36-32-31-35-39-48)58-47(52)38-34-30-28-26-24-22-20-18-16-14-12-10-8-6-4-2/h17-20,44H,3-16,21-43,48H2,1-2H3,(H,49,50)(H,53,54). The Balaban J connectivity index is 4.52. The summed E-state index contributed by atoms with van der Waals surface area (Å²) in [6.45, 7) is 4.17. The van der Waals surface area contributed by atoms with Crippen molar-refractivity contribution in [2.24, 2.45) is 0 Å². The molecule has 4 N–H and O–H groups in total. The Morgan fingerprint density at radius 2 is 0.983 bits per heavy atom. The third-order valence-electron chi connectivity index (χ3n) is 10.3. The molecule has 0 heterocycles. The lowest BCUT2D eigenvalue weighted by Crippen LogP contribution is -2.50. The lowest BCUT2D eigenvalue weighted by molar-refractivity contribution is -0.368. The van der Waals surface area contributed by atoms with Crippen molar-refractivity contribution in [3.8, 4) is 0 Å². The fourth-order valence-corrected chi connectivity index (χ4v) is 7.32. The summed E-state index contributed by atoms with van der Waals surface area (Å²) in [5.41, 5.74) is 3.78. The van der Waals surface area contributed by atoms with Gasteiger partial charge in [0.2, 0.25) is 5.91 Å². The zero-order chi connectivity index (χ0) is 43.3. The molecule has 2 unspecified atom stereocenters. The second-order valence-electron chi connectivity index (χ2n) is 16.1. The molecule has 0 aromatic rings. The molecule has 12 heteroatoms. The maximum atomic E-state index is 12.7. The van der Waals surface area contributed by atoms with Crippen molar-refractivity contribution in [2.75, 3.05) is 32.9 Å². The SMILES string of the molecule is CCCCCCCCC=CCCCCCCCC(=O)OCC(COP(=O)([O-])OCCNC(=O)CCCCC[NH3+])OC(=O)CCCCCCCC=CCCCCCCCC. The smallest absolute Gasteiger partial charge is 0.306 e. The van der Waals surface area contributed by atoms with Gasteiger partial charge in [-0.05, 0) is 83.5 Å². The van der Waals surface area contributed by atoms with Gasteiger partial charge in [0, 0.05) is 25.8 Å². The first-order chi connectivity index (χ1) is 28.7. The summed E-state index contributed by atoms with van der Waals surface area (Å²) in [5, 5.41) is 2.63. The van der Waals surface area contributed by atoms with Crippen molar-refractivity contribution in [2.45, 2.75) is 225 Å². The summed E-state index contributed by atoms with van der Waals surface area (Å²) >= 11 is 0. The summed E-state index contributed by atoms with van der Waals surface area (Å²) in [4.78, 5) is 49.6. The van der Waals surface area contributed by atoms with E-state index in [0.29, 0.717) is 19.3 Å². The lowest BCUT2D eigenvalue weighted by atomic mass is 10.1. The van der Waals surface area contributed by atoms with Crippen LogP contribution in [0.5, 0.6) is 0 Å². The van der Waals surface area contributed by atoms with Crippen LogP contribution in [-0.2, 0) is 37.5 Å². The number of amides is 1. The quantitative estimate of drug-likeness (QED) is 0.0262. The van der Waals surface area contributed by atoms with Crippen LogP contribution < -0.4 is 15.9 Å². The Bertz CT molecular complexity index is 1090. The van der Waals surface area contributed by atoms with Crippen molar-refractivity contribution in [1.29, 1.82) is 0 Å². The minimum absolute atomic E-state index is 0.00605. The van der Waals surface area contributed by atoms with Gasteiger partial charge in [-0.2, -0.15) is 0 Å². The largest absolute Gasteiger partial charge is 0.756 e. The van der Waals surface area contributed by atoms with Gasteiger partial charge in [0.05, 0.1) is 19.8 Å². The fourth-order valence-electron chi connectivity index (χ4n) is 6.59. The molecule has 0 rings (SSSR count). The topological polar surface area (TPSA) is 168 Å². The van der Waals surface area contributed by atoms with Crippen LogP contribution in [0.2, 0.25) is 0 Å². The molecule has 2 atom stereocenters. The fraction of sp³-hybridized carbons (Fsp3) is 0.851. The average molecular weight is 857 g/mol. The van der Waals surface area contributed by atoms with Crippen molar-refractivity contribution in [1.82, 2.24) is 5.32 Å². The first-order valence-electron chi connectivity index (χ1n) is 24.0. The summed E-state index contributed by atoms with van der Waals surface area (Å²) < 4.78 is 33.3. The van der Waals surface area contributed by atoms with Gasteiger partial charge in [0.1, 0.15) is 6.61 Å². The predicted octanol–water partition coefficient (Wildman–Crippen LogP) is 10.9. The molecule has 0 aromatic carbocycles. The zero-order valence-corrected chi connectivity index (χ0v) is 38.8. The van der Waals surface area contributed by atoms with Crippen LogP contribution in [0.3, 0.4) is 0 Å². The van der Waals surface area contributed by atoms with Crippen LogP contribution in [0.25, 0.3) is 0 Å². The minimum atomic E-state index is -4.78. The van der Waals surface area contributed by atoms with Gasteiger partial charge < -0.3 is 34.5 Å². The van der Waals surface area contributed by atoms with E-state index in [0.717, 1.165) is 96.4 Å². The van der Waals surface area contributed by atoms with Crippen molar-refractivity contribution >= 4 is 25.7 Å². The summed E-state index contributed by atoms with van der Waals surface area (Å²) in [7, 11) is -4.78. The molecule has 59 heavy (non-hydrogen) atoms. The molecule has 0 saturated carbocycles. The van der Waals surface area contributed by atoms with Crippen molar-refractivity contribution in [3.05, 3.63) is 24.3 Å². The summed E-state index contributed by atoms with van der Waals surface area (Å²) in [6.07, 6.45) is 41.5. The van der Waals surface area contributed by atoms with Crippen LogP contribution >= 0.6 is 7.82 Å². The van der Waals surface area contributed by atoms with Gasteiger partial charge in [-0.1, -0.05) is 141 Å². The van der Waals surface area contributed by atoms with E-state index in [4.69, 9.17) is 18.5 Å². The Kier molecular flexibility index (Phi) is 42.5. The second kappa shape index (κ2) is 44.0. The van der Waals surface area contributed by atoms with E-state index in [1.165, 1.54) is 83.5 Å². The third-order valence-corrected chi connectivity index (χ3v) is 11.2. The molecule has 11 nitrogen and oxygen atoms in total. The Morgan fingerprint density at radius 3 is 1.47 bits per heavy atom. The molecule has 346 valence electrons. The van der Waals surface area contributed by atoms with Crippen LogP contribution in [0.4, 0.5) is 0 Å². The van der Waals surface area contributed by atoms with Gasteiger partial charge in [-0.25, -0.2) is 0 Å². The Hall–Kier alpha value is -2.04. The van der Waals surface area contributed by atoms with Crippen LogP contribution in [0, 0.1) is 0 Å². The van der Waals surface area contributed by atoms with Gasteiger partial charge in [0.15, 0.2) is 6.10 Å². The number of phosphoric ester groups is 1. The van der Waals surface area contributed by atoms with E-state index in [-0.39, 0.29) is 38.5 Å². The number of unbranched alkanes of at least 4 members (excludes halogenated alkanes) is 24. The Labute approximate surface area is 360 Å². The highest BCUT2D eigenvalue weighted by Crippen LogP contribution is 2.38. The van der Waals surface area contributed by atoms with Crippen LogP contribution in [-0.4, -0.2) is 56.9 Å². The molecule has 0 bridgehead atoms. The van der Waals surface area contributed by atoms with Crippen molar-refractivity contribution < 1.29 is 48.1 Å².